The molecule has 0 radical (unpaired) electrons. The number of nitrogens with one attached hydrogen (secondary N) is 1. The van der Waals surface area contributed by atoms with Gasteiger partial charge in [-0.2, -0.15) is 0 Å². The fourth-order valence-corrected chi connectivity index (χ4v) is 4.90. The molecule has 2 aliphatic rings. The number of aryl methyl sites for hydroxylation is 2. The molecule has 1 aromatic heterocycles. The Morgan fingerprint density at radius 1 is 1.29 bits per heavy atom. The van der Waals surface area contributed by atoms with Gasteiger partial charge in [0.1, 0.15) is 0 Å². The number of carbonyl (C=O) groups excluding carboxylic acids is 2. The lowest BCUT2D eigenvalue weighted by Crippen LogP contribution is -2.54. The molecule has 24 heavy (non-hydrogen) atoms. The number of amides is 1. The van der Waals surface area contributed by atoms with Crippen LogP contribution < -0.4 is 5.32 Å². The van der Waals surface area contributed by atoms with Crippen LogP contribution in [0.1, 0.15) is 58.6 Å². The highest BCUT2D eigenvalue weighted by Gasteiger charge is 2.50. The first kappa shape index (κ1) is 17.4. The van der Waals surface area contributed by atoms with Gasteiger partial charge in [0.2, 0.25) is 0 Å². The molecular formula is C18H25NO4S. The van der Waals surface area contributed by atoms with Crippen LogP contribution in [-0.4, -0.2) is 36.7 Å². The van der Waals surface area contributed by atoms with E-state index in [2.05, 4.69) is 5.32 Å². The number of fused-ring (bicyclic) bond motifs is 1. The molecule has 1 aromatic rings. The highest BCUT2D eigenvalue weighted by molar-refractivity contribution is 7.14. The lowest BCUT2D eigenvalue weighted by Gasteiger charge is -2.42. The second-order valence-corrected chi connectivity index (χ2v) is 8.13. The van der Waals surface area contributed by atoms with Gasteiger partial charge in [-0.05, 0) is 50.2 Å². The first-order valence-electron chi connectivity index (χ1n) is 8.70. The maximum absolute atomic E-state index is 12.5. The summed E-state index contributed by atoms with van der Waals surface area (Å²) in [5.41, 5.74) is 0.543. The molecule has 3 rings (SSSR count). The van der Waals surface area contributed by atoms with Gasteiger partial charge in [0, 0.05) is 11.4 Å². The van der Waals surface area contributed by atoms with E-state index in [-0.39, 0.29) is 18.4 Å². The van der Waals surface area contributed by atoms with E-state index in [4.69, 9.17) is 4.74 Å². The van der Waals surface area contributed by atoms with Crippen LogP contribution >= 0.6 is 11.3 Å². The molecule has 1 heterocycles. The zero-order valence-corrected chi connectivity index (χ0v) is 14.9. The number of rotatable bonds is 4. The average molecular weight is 351 g/mol. The van der Waals surface area contributed by atoms with E-state index in [1.807, 2.05) is 6.07 Å². The van der Waals surface area contributed by atoms with Crippen LogP contribution in [0.5, 0.6) is 0 Å². The first-order chi connectivity index (χ1) is 11.5. The summed E-state index contributed by atoms with van der Waals surface area (Å²) in [5, 5.41) is 12.4. The Bertz CT molecular complexity index is 593. The summed E-state index contributed by atoms with van der Waals surface area (Å²) in [5.74, 6) is -0.483. The van der Waals surface area contributed by atoms with Gasteiger partial charge in [0.15, 0.2) is 0 Å². The number of ether oxygens (including phenoxy) is 1. The van der Waals surface area contributed by atoms with E-state index < -0.39 is 11.5 Å². The van der Waals surface area contributed by atoms with E-state index in [9.17, 15) is 14.7 Å². The molecule has 0 spiro atoms. The first-order valence-corrected chi connectivity index (χ1v) is 9.52. The average Bonchev–Trinajstić information content (AvgIpc) is 2.91. The van der Waals surface area contributed by atoms with Gasteiger partial charge < -0.3 is 15.2 Å². The molecule has 0 bridgehead atoms. The largest absolute Gasteiger partial charge is 0.469 e. The molecule has 2 N–H and O–H groups in total. The lowest BCUT2D eigenvalue weighted by molar-refractivity contribution is -0.166. The van der Waals surface area contributed by atoms with Crippen molar-refractivity contribution >= 4 is 23.2 Å². The van der Waals surface area contributed by atoms with Crippen molar-refractivity contribution in [1.82, 2.24) is 5.32 Å². The number of aliphatic hydroxyl groups is 1. The number of hydrogen-bond donors (Lipinski definition) is 2. The van der Waals surface area contributed by atoms with Crippen LogP contribution in [0.25, 0.3) is 0 Å². The fraction of sp³-hybridized carbons (Fsp3) is 0.667. The van der Waals surface area contributed by atoms with Gasteiger partial charge in [0.05, 0.1) is 23.5 Å². The highest BCUT2D eigenvalue weighted by atomic mass is 32.1. The Morgan fingerprint density at radius 3 is 2.67 bits per heavy atom. The third kappa shape index (κ3) is 3.49. The summed E-state index contributed by atoms with van der Waals surface area (Å²) < 4.78 is 4.84. The third-order valence-corrected chi connectivity index (χ3v) is 6.41. The summed E-state index contributed by atoms with van der Waals surface area (Å²) >= 11 is 1.58. The Hall–Kier alpha value is -1.40. The normalized spacial score (nSPS) is 26.5. The minimum atomic E-state index is -0.768. The van der Waals surface area contributed by atoms with Crippen molar-refractivity contribution in [1.29, 1.82) is 0 Å². The molecule has 2 aliphatic carbocycles. The smallest absolute Gasteiger partial charge is 0.313 e. The van der Waals surface area contributed by atoms with Crippen LogP contribution in [0.3, 0.4) is 0 Å². The standard InChI is InChI=1S/C18H25NO4S/c1-23-17(22)18(9-13(20)10-18)11-19-16(21)15-8-12-6-4-2-3-5-7-14(12)24-15/h8,13,20H,2-7,9-11H2,1H3,(H,19,21). The molecule has 0 saturated heterocycles. The van der Waals surface area contributed by atoms with Crippen molar-refractivity contribution < 1.29 is 19.4 Å². The minimum absolute atomic E-state index is 0.128. The number of hydrogen-bond acceptors (Lipinski definition) is 5. The van der Waals surface area contributed by atoms with Gasteiger partial charge >= 0.3 is 5.97 Å². The zero-order valence-electron chi connectivity index (χ0n) is 14.1. The van der Waals surface area contributed by atoms with Crippen molar-refractivity contribution in [3.05, 3.63) is 21.4 Å². The summed E-state index contributed by atoms with van der Waals surface area (Å²) in [4.78, 5) is 26.5. The zero-order chi connectivity index (χ0) is 17.2. The predicted molar refractivity (Wildman–Crippen MR) is 92.2 cm³/mol. The molecule has 1 amide bonds. The van der Waals surface area contributed by atoms with Crippen molar-refractivity contribution in [2.75, 3.05) is 13.7 Å². The summed E-state index contributed by atoms with van der Waals surface area (Å²) in [6.45, 7) is 0.220. The Kier molecular flexibility index (Phi) is 5.25. The van der Waals surface area contributed by atoms with Crippen LogP contribution in [0, 0.1) is 5.41 Å². The molecule has 6 heteroatoms. The second kappa shape index (κ2) is 7.23. The van der Waals surface area contributed by atoms with Crippen LogP contribution in [0.2, 0.25) is 0 Å². The van der Waals surface area contributed by atoms with E-state index in [0.29, 0.717) is 12.8 Å². The Balaban J connectivity index is 1.64. The van der Waals surface area contributed by atoms with Crippen molar-refractivity contribution in [3.8, 4) is 0 Å². The van der Waals surface area contributed by atoms with Gasteiger partial charge in [-0.25, -0.2) is 0 Å². The predicted octanol–water partition coefficient (Wildman–Crippen LogP) is 2.45. The molecule has 5 nitrogen and oxygen atoms in total. The van der Waals surface area contributed by atoms with Crippen molar-refractivity contribution in [3.63, 3.8) is 0 Å². The number of thiophene rings is 1. The Morgan fingerprint density at radius 2 is 2.00 bits per heavy atom. The topological polar surface area (TPSA) is 75.6 Å². The van der Waals surface area contributed by atoms with Gasteiger partial charge in [-0.3, -0.25) is 9.59 Å². The van der Waals surface area contributed by atoms with E-state index >= 15 is 0 Å². The molecule has 0 atom stereocenters. The quantitative estimate of drug-likeness (QED) is 0.817. The van der Waals surface area contributed by atoms with E-state index in [1.54, 1.807) is 11.3 Å². The number of aliphatic hydroxyl groups excluding tert-OH is 1. The monoisotopic (exact) mass is 351 g/mol. The van der Waals surface area contributed by atoms with Crippen LogP contribution in [0.4, 0.5) is 0 Å². The summed E-state index contributed by atoms with van der Waals surface area (Å²) in [7, 11) is 1.34. The van der Waals surface area contributed by atoms with Crippen molar-refractivity contribution in [2.45, 2.75) is 57.5 Å². The molecule has 0 unspecified atom stereocenters. The fourth-order valence-electron chi connectivity index (χ4n) is 3.73. The second-order valence-electron chi connectivity index (χ2n) is 6.99. The molecule has 0 aliphatic heterocycles. The Labute approximate surface area is 146 Å². The van der Waals surface area contributed by atoms with Gasteiger partial charge in [-0.15, -0.1) is 11.3 Å². The number of methoxy groups -OCH3 is 1. The summed E-state index contributed by atoms with van der Waals surface area (Å²) in [6, 6.07) is 2.01. The van der Waals surface area contributed by atoms with E-state index in [0.717, 1.165) is 17.7 Å². The molecule has 132 valence electrons. The highest BCUT2D eigenvalue weighted by Crippen LogP contribution is 2.41. The maximum Gasteiger partial charge on any atom is 0.313 e. The SMILES string of the molecule is COC(=O)C1(CNC(=O)c2cc3c(s2)CCCCCC3)CC(O)C1. The van der Waals surface area contributed by atoms with Crippen LogP contribution in [0.15, 0.2) is 6.07 Å². The molecular weight excluding hydrogens is 326 g/mol. The number of carbonyl (C=O) groups is 2. The van der Waals surface area contributed by atoms with Crippen molar-refractivity contribution in [2.24, 2.45) is 5.41 Å². The van der Waals surface area contributed by atoms with E-state index in [1.165, 1.54) is 43.2 Å². The maximum atomic E-state index is 12.5. The molecule has 0 aromatic carbocycles. The molecule has 1 fully saturated rings. The van der Waals surface area contributed by atoms with Gasteiger partial charge in [-0.1, -0.05) is 12.8 Å². The molecule has 1 saturated carbocycles. The number of esters is 1. The summed E-state index contributed by atoms with van der Waals surface area (Å²) in [6.07, 6.45) is 7.24. The third-order valence-electron chi connectivity index (χ3n) is 5.18. The lowest BCUT2D eigenvalue weighted by atomic mass is 9.66. The van der Waals surface area contributed by atoms with Gasteiger partial charge in [0.25, 0.3) is 5.91 Å². The van der Waals surface area contributed by atoms with Crippen LogP contribution in [-0.2, 0) is 22.4 Å². The minimum Gasteiger partial charge on any atom is -0.469 e.